The summed E-state index contributed by atoms with van der Waals surface area (Å²) in [5.41, 5.74) is 24.7. The molecule has 0 atom stereocenters. The van der Waals surface area contributed by atoms with Crippen molar-refractivity contribution >= 4 is 68.6 Å². The van der Waals surface area contributed by atoms with Gasteiger partial charge in [-0.1, -0.05) is 84.9 Å². The predicted octanol–water partition coefficient (Wildman–Crippen LogP) is 6.33. The monoisotopic (exact) mass is 1030 g/mol. The van der Waals surface area contributed by atoms with Gasteiger partial charge in [0.1, 0.15) is 34.4 Å². The van der Waals surface area contributed by atoms with Gasteiger partial charge in [-0.25, -0.2) is 0 Å². The Bertz CT molecular complexity index is 3140. The summed E-state index contributed by atoms with van der Waals surface area (Å²) in [6.07, 6.45) is 0. The van der Waals surface area contributed by atoms with Crippen molar-refractivity contribution in [2.75, 3.05) is 42.3 Å². The van der Waals surface area contributed by atoms with E-state index >= 15 is 0 Å². The summed E-state index contributed by atoms with van der Waals surface area (Å²) in [6.45, 7) is 7.98. The molecule has 0 spiro atoms. The largest absolute Gasteiger partial charge is 0.550 e. The van der Waals surface area contributed by atoms with Crippen molar-refractivity contribution in [2.24, 2.45) is 11.5 Å². The Morgan fingerprint density at radius 2 is 0.803 bits per heavy atom. The number of carboxylic acid groups (broad SMARTS) is 2. The van der Waals surface area contributed by atoms with Crippen molar-refractivity contribution < 1.29 is 29.4 Å². The number of nitrogen functional groups attached to an aromatic ring is 2. The summed E-state index contributed by atoms with van der Waals surface area (Å²) in [5.74, 6) is -2.34. The summed E-state index contributed by atoms with van der Waals surface area (Å²) in [6, 6.07) is 48.0. The number of carbonyl (C=O) groups excluding carboxylic acids is 4. The Balaban J connectivity index is 0.000000246. The molecule has 6 aromatic carbocycles. The number of amidine groups is 2. The number of fused-ring (bicyclic) bond motifs is 2. The number of aromatic nitrogens is 2. The maximum Gasteiger partial charge on any atom is 0.268 e. The Morgan fingerprint density at radius 3 is 1.11 bits per heavy atom. The van der Waals surface area contributed by atoms with Gasteiger partial charge in [0.05, 0.1) is 42.3 Å². The first-order chi connectivity index (χ1) is 35.7. The zero-order valence-corrected chi connectivity index (χ0v) is 45.1. The molecule has 0 aliphatic rings. The van der Waals surface area contributed by atoms with Crippen LogP contribution in [0.1, 0.15) is 79.3 Å². The highest BCUT2D eigenvalue weighted by Crippen LogP contribution is 2.27. The highest BCUT2D eigenvalue weighted by molar-refractivity contribution is 6.01. The molecule has 8 rings (SSSR count). The summed E-state index contributed by atoms with van der Waals surface area (Å²) in [7, 11) is 12.8. The Kier molecular flexibility index (Phi) is 19.4. The number of nitrogens with zero attached hydrogens (tertiary/aromatic N) is 4. The fraction of sp³-hybridized carbons (Fsp3) is 0.233. The Labute approximate surface area is 445 Å². The predicted molar refractivity (Wildman–Crippen MR) is 302 cm³/mol. The second kappa shape index (κ2) is 25.4. The maximum atomic E-state index is 13.3. The van der Waals surface area contributed by atoms with E-state index in [1.807, 2.05) is 94.1 Å². The summed E-state index contributed by atoms with van der Waals surface area (Å²) in [4.78, 5) is 44.4. The van der Waals surface area contributed by atoms with Crippen LogP contribution in [0.15, 0.2) is 146 Å². The molecule has 0 bridgehead atoms. The number of nitrogens with two attached hydrogens (primary N) is 2. The van der Waals surface area contributed by atoms with Gasteiger partial charge in [-0.05, 0) is 122 Å². The number of hydrogen-bond acceptors (Lipinski definition) is 8. The zero-order chi connectivity index (χ0) is 56.1. The molecule has 8 N–H and O–H groups in total. The van der Waals surface area contributed by atoms with E-state index in [-0.39, 0.29) is 23.5 Å². The minimum atomic E-state index is -1.08. The lowest BCUT2D eigenvalue weighted by Gasteiger charge is -2.23. The van der Waals surface area contributed by atoms with Crippen molar-refractivity contribution in [2.45, 2.75) is 53.9 Å². The van der Waals surface area contributed by atoms with Gasteiger partial charge in [0, 0.05) is 71.1 Å². The number of quaternary nitrogens is 2. The number of benzene rings is 6. The normalized spacial score (nSPS) is 11.0. The van der Waals surface area contributed by atoms with Crippen molar-refractivity contribution in [3.8, 4) is 0 Å². The quantitative estimate of drug-likeness (QED) is 0.0407. The topological polar surface area (TPSA) is 248 Å². The smallest absolute Gasteiger partial charge is 0.268 e. The minimum Gasteiger partial charge on any atom is -0.550 e. The zero-order valence-electron chi connectivity index (χ0n) is 45.1. The maximum absolute atomic E-state index is 13.3. The third-order valence-corrected chi connectivity index (χ3v) is 12.3. The molecular weight excluding hydrogens is 957 g/mol. The van der Waals surface area contributed by atoms with Crippen molar-refractivity contribution in [1.82, 2.24) is 28.7 Å². The van der Waals surface area contributed by atoms with E-state index in [9.17, 15) is 9.59 Å². The van der Waals surface area contributed by atoms with Crippen LogP contribution in [0, 0.1) is 24.7 Å². The van der Waals surface area contributed by atoms with Crippen LogP contribution in [-0.4, -0.2) is 86.8 Å². The molecule has 16 heteroatoms. The fourth-order valence-corrected chi connectivity index (χ4v) is 8.29. The lowest BCUT2D eigenvalue weighted by molar-refractivity contribution is -0.303. The molecule has 76 heavy (non-hydrogen) atoms. The molecule has 0 radical (unpaired) electrons. The molecule has 2 aromatic heterocycles. The van der Waals surface area contributed by atoms with Crippen LogP contribution in [0.2, 0.25) is 0 Å². The highest BCUT2D eigenvalue weighted by atomic mass is 16.4. The van der Waals surface area contributed by atoms with Gasteiger partial charge in [0.25, 0.3) is 11.8 Å². The first-order valence-electron chi connectivity index (χ1n) is 24.5. The van der Waals surface area contributed by atoms with Gasteiger partial charge < -0.3 is 51.0 Å². The molecule has 0 unspecified atom stereocenters. The molecule has 2 amide bonds. The van der Waals surface area contributed by atoms with Crippen molar-refractivity contribution in [3.63, 3.8) is 0 Å². The van der Waals surface area contributed by atoms with E-state index in [2.05, 4.69) is 127 Å². The van der Waals surface area contributed by atoms with Crippen LogP contribution in [0.4, 0.5) is 11.4 Å². The molecule has 0 saturated carbocycles. The van der Waals surface area contributed by atoms with Gasteiger partial charge in [-0.3, -0.25) is 29.4 Å². The summed E-state index contributed by atoms with van der Waals surface area (Å²) < 4.78 is 5.57. The lowest BCUT2D eigenvalue weighted by Crippen LogP contribution is -2.34. The van der Waals surface area contributed by atoms with Gasteiger partial charge >= 0.3 is 0 Å². The molecule has 0 fully saturated rings. The summed E-state index contributed by atoms with van der Waals surface area (Å²) >= 11 is 0. The van der Waals surface area contributed by atoms with Crippen LogP contribution in [0.5, 0.6) is 0 Å². The van der Waals surface area contributed by atoms with Crippen LogP contribution in [0.25, 0.3) is 21.8 Å². The molecule has 0 saturated heterocycles. The van der Waals surface area contributed by atoms with E-state index in [0.29, 0.717) is 48.7 Å². The molecule has 8 aromatic rings. The molecule has 396 valence electrons. The number of carboxylic acids is 2. The van der Waals surface area contributed by atoms with Crippen LogP contribution >= 0.6 is 0 Å². The fourth-order valence-electron chi connectivity index (χ4n) is 8.29. The number of amides is 2. The van der Waals surface area contributed by atoms with E-state index in [0.717, 1.165) is 78.0 Å². The Morgan fingerprint density at radius 1 is 0.487 bits per heavy atom. The molecule has 0 aliphatic carbocycles. The highest BCUT2D eigenvalue weighted by Gasteiger charge is 2.20. The first-order valence-corrected chi connectivity index (χ1v) is 24.5. The first kappa shape index (κ1) is 58.0. The SMILES string of the molecule is CC(=O)[O-].CC(=O)[O-].Cc1cccc2c1cc(C(=O)NCc1ccc([N+](C)(C)C)cc1)n2Cc1cccc(C(=N)N)c1.Cc1cccc2c1cc(C(=O)NCc1ccc([N+](C)(C)C)cc1)n2Cc1cccc(C(=N)N)c1. The number of hydrogen-bond donors (Lipinski definition) is 6. The van der Waals surface area contributed by atoms with Crippen LogP contribution in [0.3, 0.4) is 0 Å². The van der Waals surface area contributed by atoms with Gasteiger partial charge in [-0.15, -0.1) is 0 Å². The summed E-state index contributed by atoms with van der Waals surface area (Å²) in [5, 5.41) is 41.6. The minimum absolute atomic E-state index is 0.0318. The number of rotatable bonds is 14. The lowest BCUT2D eigenvalue weighted by atomic mass is 10.1. The third kappa shape index (κ3) is 16.1. The number of nitrogens with one attached hydrogen (secondary N) is 4. The van der Waals surface area contributed by atoms with Crippen LogP contribution < -0.4 is 41.3 Å². The molecular formula is C60H70N10O6. The second-order valence-corrected chi connectivity index (χ2v) is 20.2. The van der Waals surface area contributed by atoms with Crippen LogP contribution in [-0.2, 0) is 35.8 Å². The average molecular weight is 1030 g/mol. The van der Waals surface area contributed by atoms with Crippen molar-refractivity contribution in [1.29, 1.82) is 10.8 Å². The third-order valence-electron chi connectivity index (χ3n) is 12.3. The second-order valence-electron chi connectivity index (χ2n) is 20.2. The van der Waals surface area contributed by atoms with E-state index in [1.165, 1.54) is 11.4 Å². The number of aryl methyl sites for hydroxylation is 2. The van der Waals surface area contributed by atoms with Gasteiger partial charge in [0.2, 0.25) is 0 Å². The van der Waals surface area contributed by atoms with E-state index in [4.69, 9.17) is 42.1 Å². The van der Waals surface area contributed by atoms with E-state index in [1.54, 1.807) is 0 Å². The number of aliphatic carboxylic acids is 2. The van der Waals surface area contributed by atoms with E-state index < -0.39 is 11.9 Å². The van der Waals surface area contributed by atoms with Gasteiger partial charge in [0.15, 0.2) is 0 Å². The molecule has 16 nitrogen and oxygen atoms in total. The van der Waals surface area contributed by atoms with Crippen molar-refractivity contribution in [3.05, 3.63) is 201 Å². The standard InChI is InChI=1S/2C28H31N5O.2C2H4O2/c2*1-19-7-5-10-25-24(19)16-26(32(25)18-21-8-6-9-22(15-21)27(29)30)28(34)31-17-20-11-13-23(14-12-20)33(2,3)4;2*1-2(3)4/h2*5-16H,17-18H2,1-4H3,(H3-,29,30,31,34);2*1H3,(H,3,4). The van der Waals surface area contributed by atoms with Gasteiger partial charge in [-0.2, -0.15) is 0 Å². The Hall–Kier alpha value is -8.86. The molecule has 2 heterocycles. The average Bonchev–Trinajstić information content (AvgIpc) is 3.92. The molecule has 0 aliphatic heterocycles. The number of carbonyl (C=O) groups is 4.